The standard InChI is InChI=1S/C19H24N4O3/c24-17-7-6-16(18(25)22-17)23-11-15-12(3-1-5-14(15)19(23)26)9-21-13-4-2-8-20-10-13/h1,3,5,13,16,20-21H,2,4,6-11H2,(H,22,24,25)/t13-,16?/m1/s1. The molecule has 0 bridgehead atoms. The number of amides is 3. The van der Waals surface area contributed by atoms with Crippen LogP contribution in [0.25, 0.3) is 0 Å². The molecule has 2 fully saturated rings. The molecular formula is C19H24N4O3. The molecule has 26 heavy (non-hydrogen) atoms. The van der Waals surface area contributed by atoms with Crippen LogP contribution in [-0.4, -0.2) is 47.8 Å². The van der Waals surface area contributed by atoms with Gasteiger partial charge in [0.05, 0.1) is 0 Å². The highest BCUT2D eigenvalue weighted by Gasteiger charge is 2.39. The van der Waals surface area contributed by atoms with E-state index >= 15 is 0 Å². The highest BCUT2D eigenvalue weighted by atomic mass is 16.2. The number of imide groups is 1. The monoisotopic (exact) mass is 356 g/mol. The fraction of sp³-hybridized carbons (Fsp3) is 0.526. The molecule has 0 aliphatic carbocycles. The van der Waals surface area contributed by atoms with Crippen molar-refractivity contribution in [2.24, 2.45) is 0 Å². The molecule has 3 N–H and O–H groups in total. The van der Waals surface area contributed by atoms with Crippen molar-refractivity contribution >= 4 is 17.7 Å². The van der Waals surface area contributed by atoms with Gasteiger partial charge in [0.25, 0.3) is 5.91 Å². The van der Waals surface area contributed by atoms with E-state index in [0.717, 1.165) is 30.6 Å². The van der Waals surface area contributed by atoms with Crippen LogP contribution < -0.4 is 16.0 Å². The average Bonchev–Trinajstić information content (AvgIpc) is 2.98. The van der Waals surface area contributed by atoms with E-state index in [1.165, 1.54) is 6.42 Å². The first-order valence-corrected chi connectivity index (χ1v) is 9.33. The molecule has 0 aromatic heterocycles. The van der Waals surface area contributed by atoms with Gasteiger partial charge < -0.3 is 15.5 Å². The summed E-state index contributed by atoms with van der Waals surface area (Å²) in [6.07, 6.45) is 3.00. The Kier molecular flexibility index (Phi) is 4.74. The van der Waals surface area contributed by atoms with E-state index in [2.05, 4.69) is 16.0 Å². The van der Waals surface area contributed by atoms with Gasteiger partial charge in [-0.15, -0.1) is 0 Å². The highest BCUT2D eigenvalue weighted by molar-refractivity contribution is 6.05. The third kappa shape index (κ3) is 3.24. The number of hydrogen-bond acceptors (Lipinski definition) is 5. The minimum absolute atomic E-state index is 0.115. The van der Waals surface area contributed by atoms with Gasteiger partial charge in [0, 0.05) is 37.7 Å². The second-order valence-electron chi connectivity index (χ2n) is 7.27. The molecule has 2 atom stereocenters. The maximum Gasteiger partial charge on any atom is 0.255 e. The van der Waals surface area contributed by atoms with E-state index < -0.39 is 6.04 Å². The smallest absolute Gasteiger partial charge is 0.255 e. The molecule has 0 spiro atoms. The lowest BCUT2D eigenvalue weighted by atomic mass is 10.0. The lowest BCUT2D eigenvalue weighted by Gasteiger charge is -2.29. The first-order valence-electron chi connectivity index (χ1n) is 9.33. The van der Waals surface area contributed by atoms with Crippen LogP contribution in [0.1, 0.15) is 47.2 Å². The van der Waals surface area contributed by atoms with Gasteiger partial charge in [-0.3, -0.25) is 19.7 Å². The normalized spacial score (nSPS) is 26.0. The van der Waals surface area contributed by atoms with Crippen molar-refractivity contribution in [3.05, 3.63) is 34.9 Å². The van der Waals surface area contributed by atoms with Gasteiger partial charge in [0.2, 0.25) is 11.8 Å². The van der Waals surface area contributed by atoms with Crippen molar-refractivity contribution < 1.29 is 14.4 Å². The Morgan fingerprint density at radius 2 is 2.08 bits per heavy atom. The average molecular weight is 356 g/mol. The van der Waals surface area contributed by atoms with E-state index in [1.807, 2.05) is 18.2 Å². The summed E-state index contributed by atoms with van der Waals surface area (Å²) in [5.74, 6) is -0.743. The Labute approximate surface area is 152 Å². The number of fused-ring (bicyclic) bond motifs is 1. The molecule has 4 rings (SSSR count). The molecule has 7 heteroatoms. The highest BCUT2D eigenvalue weighted by Crippen LogP contribution is 2.29. The van der Waals surface area contributed by atoms with Crippen molar-refractivity contribution in [2.45, 2.75) is 50.9 Å². The lowest BCUT2D eigenvalue weighted by Crippen LogP contribution is -2.52. The molecule has 2 saturated heterocycles. The summed E-state index contributed by atoms with van der Waals surface area (Å²) in [6.45, 7) is 3.19. The maximum atomic E-state index is 12.8. The number of piperidine rings is 2. The number of carbonyl (C=O) groups excluding carboxylic acids is 3. The van der Waals surface area contributed by atoms with E-state index in [4.69, 9.17) is 0 Å². The topological polar surface area (TPSA) is 90.5 Å². The van der Waals surface area contributed by atoms with Crippen molar-refractivity contribution in [1.82, 2.24) is 20.9 Å². The SMILES string of the molecule is O=C1CCC(N2Cc3c(CN[C@@H]4CCCNC4)cccc3C2=O)C(=O)N1. The van der Waals surface area contributed by atoms with Crippen molar-refractivity contribution in [1.29, 1.82) is 0 Å². The van der Waals surface area contributed by atoms with Gasteiger partial charge >= 0.3 is 0 Å². The van der Waals surface area contributed by atoms with Crippen molar-refractivity contribution in [3.63, 3.8) is 0 Å². The van der Waals surface area contributed by atoms with E-state index in [0.29, 0.717) is 31.1 Å². The van der Waals surface area contributed by atoms with Crippen molar-refractivity contribution in [3.8, 4) is 0 Å². The Hall–Kier alpha value is -2.25. The molecule has 3 heterocycles. The quantitative estimate of drug-likeness (QED) is 0.675. The summed E-state index contributed by atoms with van der Waals surface area (Å²) in [5, 5.41) is 9.31. The number of carbonyl (C=O) groups is 3. The van der Waals surface area contributed by atoms with E-state index in [1.54, 1.807) is 4.90 Å². The van der Waals surface area contributed by atoms with Crippen molar-refractivity contribution in [2.75, 3.05) is 13.1 Å². The molecule has 3 aliphatic heterocycles. The molecule has 7 nitrogen and oxygen atoms in total. The summed E-state index contributed by atoms with van der Waals surface area (Å²) in [5.41, 5.74) is 2.78. The minimum Gasteiger partial charge on any atom is -0.322 e. The zero-order chi connectivity index (χ0) is 18.1. The number of nitrogens with one attached hydrogen (secondary N) is 3. The van der Waals surface area contributed by atoms with E-state index in [9.17, 15) is 14.4 Å². The third-order valence-electron chi connectivity index (χ3n) is 5.56. The van der Waals surface area contributed by atoms with Gasteiger partial charge in [-0.2, -0.15) is 0 Å². The fourth-order valence-corrected chi connectivity index (χ4v) is 4.10. The van der Waals surface area contributed by atoms with Gasteiger partial charge in [-0.1, -0.05) is 12.1 Å². The Morgan fingerprint density at radius 1 is 1.19 bits per heavy atom. The second kappa shape index (κ2) is 7.17. The lowest BCUT2D eigenvalue weighted by molar-refractivity contribution is -0.136. The number of nitrogens with zero attached hydrogens (tertiary/aromatic N) is 1. The molecule has 1 aromatic carbocycles. The zero-order valence-electron chi connectivity index (χ0n) is 14.7. The number of rotatable bonds is 4. The molecule has 138 valence electrons. The van der Waals surface area contributed by atoms with Crippen LogP contribution in [0.15, 0.2) is 18.2 Å². The summed E-state index contributed by atoms with van der Waals surface area (Å²) >= 11 is 0. The first kappa shape index (κ1) is 17.2. The summed E-state index contributed by atoms with van der Waals surface area (Å²) in [6, 6.07) is 5.67. The Morgan fingerprint density at radius 3 is 2.85 bits per heavy atom. The van der Waals surface area contributed by atoms with Crippen LogP contribution in [0.2, 0.25) is 0 Å². The fourth-order valence-electron chi connectivity index (χ4n) is 4.10. The molecule has 3 aliphatic rings. The molecule has 0 saturated carbocycles. The van der Waals surface area contributed by atoms with Crippen LogP contribution in [0.3, 0.4) is 0 Å². The molecule has 0 radical (unpaired) electrons. The predicted molar refractivity (Wildman–Crippen MR) is 95.2 cm³/mol. The van der Waals surface area contributed by atoms with Crippen LogP contribution >= 0.6 is 0 Å². The number of benzene rings is 1. The summed E-state index contributed by atoms with van der Waals surface area (Å²) in [4.78, 5) is 38.0. The van der Waals surface area contributed by atoms with Gasteiger partial charge in [-0.25, -0.2) is 0 Å². The van der Waals surface area contributed by atoms with Crippen LogP contribution in [-0.2, 0) is 22.7 Å². The second-order valence-corrected chi connectivity index (χ2v) is 7.27. The Balaban J connectivity index is 1.48. The van der Waals surface area contributed by atoms with Gasteiger partial charge in [0.1, 0.15) is 6.04 Å². The molecular weight excluding hydrogens is 332 g/mol. The number of hydrogen-bond donors (Lipinski definition) is 3. The third-order valence-corrected chi connectivity index (χ3v) is 5.56. The molecule has 1 aromatic rings. The molecule has 3 amide bonds. The molecule has 1 unspecified atom stereocenters. The summed E-state index contributed by atoms with van der Waals surface area (Å²) < 4.78 is 0. The first-order chi connectivity index (χ1) is 12.6. The van der Waals surface area contributed by atoms with Crippen LogP contribution in [0.4, 0.5) is 0 Å². The van der Waals surface area contributed by atoms with Crippen LogP contribution in [0, 0.1) is 0 Å². The minimum atomic E-state index is -0.559. The Bertz CT molecular complexity index is 742. The van der Waals surface area contributed by atoms with Gasteiger partial charge in [0.15, 0.2) is 0 Å². The predicted octanol–water partition coefficient (Wildman–Crippen LogP) is 0.289. The zero-order valence-corrected chi connectivity index (χ0v) is 14.7. The maximum absolute atomic E-state index is 12.8. The van der Waals surface area contributed by atoms with Crippen LogP contribution in [0.5, 0.6) is 0 Å². The van der Waals surface area contributed by atoms with Gasteiger partial charge in [-0.05, 0) is 43.0 Å². The van der Waals surface area contributed by atoms with E-state index in [-0.39, 0.29) is 24.1 Å². The largest absolute Gasteiger partial charge is 0.322 e. The summed E-state index contributed by atoms with van der Waals surface area (Å²) in [7, 11) is 0.